The molecule has 1 amide bonds. The molecule has 1 unspecified atom stereocenters. The van der Waals surface area contributed by atoms with E-state index >= 15 is 0 Å². The molecular formula is C16H25N3O4. The third kappa shape index (κ3) is 5.33. The highest BCUT2D eigenvalue weighted by Crippen LogP contribution is 2.28. The second kappa shape index (κ2) is 8.08. The molecule has 0 radical (unpaired) electrons. The molecular weight excluding hydrogens is 298 g/mol. The van der Waals surface area contributed by atoms with E-state index in [-0.39, 0.29) is 17.7 Å². The van der Waals surface area contributed by atoms with Crippen LogP contribution < -0.4 is 11.1 Å². The molecule has 1 aliphatic carbocycles. The Bertz CT molecular complexity index is 584. The molecule has 7 heteroatoms. The van der Waals surface area contributed by atoms with Crippen molar-refractivity contribution in [2.75, 3.05) is 0 Å². The Morgan fingerprint density at radius 2 is 2.04 bits per heavy atom. The number of Topliss-reactive ketones (excluding diaryl/α,β-unsaturated/α-hetero) is 1. The van der Waals surface area contributed by atoms with Crippen molar-refractivity contribution in [2.45, 2.75) is 64.8 Å². The first-order valence-corrected chi connectivity index (χ1v) is 8.34. The van der Waals surface area contributed by atoms with Gasteiger partial charge in [-0.15, -0.1) is 5.10 Å². The lowest BCUT2D eigenvalue weighted by atomic mass is 9.98. The van der Waals surface area contributed by atoms with Gasteiger partial charge < -0.3 is 9.73 Å². The van der Waals surface area contributed by atoms with Gasteiger partial charge in [0, 0.05) is 6.42 Å². The monoisotopic (exact) mass is 323 g/mol. The third-order valence-corrected chi connectivity index (χ3v) is 4.26. The van der Waals surface area contributed by atoms with Crippen LogP contribution in [0.15, 0.2) is 9.21 Å². The average molecular weight is 323 g/mol. The normalized spacial score (nSPS) is 16.7. The zero-order chi connectivity index (χ0) is 16.8. The Balaban J connectivity index is 1.92. The van der Waals surface area contributed by atoms with Crippen LogP contribution in [0.4, 0.5) is 0 Å². The minimum atomic E-state index is -0.774. The summed E-state index contributed by atoms with van der Waals surface area (Å²) >= 11 is 0. The van der Waals surface area contributed by atoms with Crippen molar-refractivity contribution in [3.8, 4) is 0 Å². The van der Waals surface area contributed by atoms with Gasteiger partial charge in [0.15, 0.2) is 0 Å². The zero-order valence-corrected chi connectivity index (χ0v) is 13.8. The number of hydrogen-bond acceptors (Lipinski definition) is 5. The van der Waals surface area contributed by atoms with Crippen molar-refractivity contribution in [2.24, 2.45) is 11.8 Å². The molecule has 7 nitrogen and oxygen atoms in total. The molecule has 2 rings (SSSR count). The number of aromatic amines is 1. The fourth-order valence-corrected chi connectivity index (χ4v) is 3.09. The fourth-order valence-electron chi connectivity index (χ4n) is 3.09. The Hall–Kier alpha value is -1.92. The van der Waals surface area contributed by atoms with Gasteiger partial charge >= 0.3 is 5.76 Å². The van der Waals surface area contributed by atoms with Gasteiger partial charge in [-0.3, -0.25) is 9.59 Å². The number of carbonyl (C=O) groups excluding carboxylic acids is 2. The second-order valence-corrected chi connectivity index (χ2v) is 6.72. The number of H-pyrrole nitrogens is 1. The van der Waals surface area contributed by atoms with E-state index in [1.165, 1.54) is 25.7 Å². The zero-order valence-electron chi connectivity index (χ0n) is 13.8. The minimum absolute atomic E-state index is 0.131. The molecule has 0 spiro atoms. The standard InChI is InChI=1S/C16H25N3O4/c1-10(2)9-12(14(21)15-18-19-16(22)23-15)17-13(20)8-7-11-5-3-4-6-11/h10-12H,3-9H2,1-2H3,(H,17,20)(H,19,22). The molecule has 1 aliphatic rings. The van der Waals surface area contributed by atoms with Gasteiger partial charge in [-0.2, -0.15) is 0 Å². The number of amides is 1. The van der Waals surface area contributed by atoms with Crippen molar-refractivity contribution in [1.29, 1.82) is 0 Å². The van der Waals surface area contributed by atoms with E-state index in [1.54, 1.807) is 0 Å². The number of carbonyl (C=O) groups is 2. The van der Waals surface area contributed by atoms with Crippen LogP contribution in [0.1, 0.15) is 69.5 Å². The number of nitrogens with zero attached hydrogens (tertiary/aromatic N) is 1. The predicted octanol–water partition coefficient (Wildman–Crippen LogP) is 2.05. The van der Waals surface area contributed by atoms with Crippen LogP contribution in [0, 0.1) is 11.8 Å². The molecule has 2 N–H and O–H groups in total. The summed E-state index contributed by atoms with van der Waals surface area (Å²) in [5.74, 6) is -0.810. The number of nitrogens with one attached hydrogen (secondary N) is 2. The molecule has 1 atom stereocenters. The van der Waals surface area contributed by atoms with Crippen LogP contribution in [0.3, 0.4) is 0 Å². The van der Waals surface area contributed by atoms with Crippen LogP contribution in [0.2, 0.25) is 0 Å². The maximum Gasteiger partial charge on any atom is 0.434 e. The highest BCUT2D eigenvalue weighted by molar-refractivity contribution is 5.98. The van der Waals surface area contributed by atoms with Gasteiger partial charge in [0.25, 0.3) is 5.89 Å². The molecule has 1 saturated carbocycles. The first kappa shape index (κ1) is 17.4. The SMILES string of the molecule is CC(C)CC(NC(=O)CCC1CCCC1)C(=O)c1n[nH]c(=O)o1. The molecule has 1 fully saturated rings. The predicted molar refractivity (Wildman–Crippen MR) is 84.0 cm³/mol. The Kier molecular flexibility index (Phi) is 6.12. The van der Waals surface area contributed by atoms with Crippen molar-refractivity contribution in [1.82, 2.24) is 15.5 Å². The smallest absolute Gasteiger partial charge is 0.384 e. The van der Waals surface area contributed by atoms with Crippen molar-refractivity contribution in [3.63, 3.8) is 0 Å². The van der Waals surface area contributed by atoms with Crippen molar-refractivity contribution < 1.29 is 14.0 Å². The summed E-state index contributed by atoms with van der Waals surface area (Å²) < 4.78 is 4.71. The van der Waals surface area contributed by atoms with E-state index in [4.69, 9.17) is 4.42 Å². The summed E-state index contributed by atoms with van der Waals surface area (Å²) in [5.41, 5.74) is 0. The summed E-state index contributed by atoms with van der Waals surface area (Å²) in [7, 11) is 0. The molecule has 0 aromatic carbocycles. The molecule has 1 heterocycles. The van der Waals surface area contributed by atoms with Gasteiger partial charge in [-0.25, -0.2) is 9.89 Å². The summed E-state index contributed by atoms with van der Waals surface area (Å²) in [5, 5.41) is 8.40. The largest absolute Gasteiger partial charge is 0.434 e. The maximum atomic E-state index is 12.4. The lowest BCUT2D eigenvalue weighted by Gasteiger charge is -2.18. The highest BCUT2D eigenvalue weighted by atomic mass is 16.4. The van der Waals surface area contributed by atoms with Crippen LogP contribution in [-0.4, -0.2) is 27.9 Å². The van der Waals surface area contributed by atoms with Crippen molar-refractivity contribution in [3.05, 3.63) is 16.4 Å². The van der Waals surface area contributed by atoms with E-state index in [2.05, 4.69) is 15.5 Å². The van der Waals surface area contributed by atoms with Gasteiger partial charge in [0.05, 0.1) is 6.04 Å². The van der Waals surface area contributed by atoms with Gasteiger partial charge in [-0.05, 0) is 24.7 Å². The average Bonchev–Trinajstić information content (AvgIpc) is 3.14. The molecule has 0 saturated heterocycles. The summed E-state index contributed by atoms with van der Waals surface area (Å²) in [6.45, 7) is 3.93. The van der Waals surface area contributed by atoms with E-state index in [0.717, 1.165) is 6.42 Å². The van der Waals surface area contributed by atoms with Gasteiger partial charge in [0.1, 0.15) is 0 Å². The van der Waals surface area contributed by atoms with Crippen LogP contribution in [-0.2, 0) is 4.79 Å². The molecule has 1 aromatic rings. The maximum absolute atomic E-state index is 12.4. The first-order valence-electron chi connectivity index (χ1n) is 8.34. The lowest BCUT2D eigenvalue weighted by Crippen LogP contribution is -2.42. The third-order valence-electron chi connectivity index (χ3n) is 4.26. The van der Waals surface area contributed by atoms with Crippen LogP contribution >= 0.6 is 0 Å². The molecule has 128 valence electrons. The molecule has 0 aliphatic heterocycles. The minimum Gasteiger partial charge on any atom is -0.384 e. The topological polar surface area (TPSA) is 105 Å². The van der Waals surface area contributed by atoms with E-state index in [9.17, 15) is 14.4 Å². The quantitative estimate of drug-likeness (QED) is 0.712. The second-order valence-electron chi connectivity index (χ2n) is 6.72. The Morgan fingerprint density at radius 1 is 1.35 bits per heavy atom. The summed E-state index contributed by atoms with van der Waals surface area (Å²) in [6.07, 6.45) is 6.66. The molecule has 23 heavy (non-hydrogen) atoms. The molecule has 0 bridgehead atoms. The Labute approximate surface area is 135 Å². The lowest BCUT2D eigenvalue weighted by molar-refractivity contribution is -0.121. The van der Waals surface area contributed by atoms with E-state index < -0.39 is 17.6 Å². The van der Waals surface area contributed by atoms with Crippen LogP contribution in [0.5, 0.6) is 0 Å². The van der Waals surface area contributed by atoms with Crippen LogP contribution in [0.25, 0.3) is 0 Å². The van der Waals surface area contributed by atoms with Gasteiger partial charge in [0.2, 0.25) is 11.7 Å². The fraction of sp³-hybridized carbons (Fsp3) is 0.750. The van der Waals surface area contributed by atoms with E-state index in [1.807, 2.05) is 13.8 Å². The van der Waals surface area contributed by atoms with Crippen molar-refractivity contribution >= 4 is 11.7 Å². The number of hydrogen-bond donors (Lipinski definition) is 2. The highest BCUT2D eigenvalue weighted by Gasteiger charge is 2.27. The Morgan fingerprint density at radius 3 is 2.61 bits per heavy atom. The number of ketones is 1. The summed E-state index contributed by atoms with van der Waals surface area (Å²) in [6, 6.07) is -0.711. The molecule has 1 aromatic heterocycles. The number of rotatable bonds is 8. The van der Waals surface area contributed by atoms with E-state index in [0.29, 0.717) is 18.8 Å². The van der Waals surface area contributed by atoms with Gasteiger partial charge in [-0.1, -0.05) is 39.5 Å². The first-order chi connectivity index (χ1) is 11.0. The summed E-state index contributed by atoms with van der Waals surface area (Å²) in [4.78, 5) is 35.5. The number of aromatic nitrogens is 2.